The van der Waals surface area contributed by atoms with Gasteiger partial charge in [0, 0.05) is 19.2 Å². The molecule has 0 aliphatic heterocycles. The third-order valence-electron chi connectivity index (χ3n) is 2.28. The largest absolute Gasteiger partial charge is 0.368 e. The highest BCUT2D eigenvalue weighted by molar-refractivity contribution is 5.52. The number of anilines is 3. The number of nitrogen functional groups attached to an aromatic ring is 2. The van der Waals surface area contributed by atoms with Gasteiger partial charge in [0.05, 0.1) is 12.5 Å². The van der Waals surface area contributed by atoms with E-state index in [1.54, 1.807) is 6.07 Å². The van der Waals surface area contributed by atoms with Crippen molar-refractivity contribution in [1.29, 1.82) is 5.26 Å². The summed E-state index contributed by atoms with van der Waals surface area (Å²) in [6.45, 7) is 5.61. The van der Waals surface area contributed by atoms with Crippen LogP contribution in [0.1, 0.15) is 20.3 Å². The van der Waals surface area contributed by atoms with Crippen molar-refractivity contribution in [2.24, 2.45) is 11.8 Å². The molecule has 1 heterocycles. The van der Waals surface area contributed by atoms with Crippen LogP contribution in [0.5, 0.6) is 0 Å². The smallest absolute Gasteiger partial charge is 0.223 e. The average Bonchev–Trinajstić information content (AvgIpc) is 2.33. The fourth-order valence-electron chi connectivity index (χ4n) is 1.61. The summed E-state index contributed by atoms with van der Waals surface area (Å²) >= 11 is 0. The summed E-state index contributed by atoms with van der Waals surface area (Å²) in [4.78, 5) is 10.1. The molecule has 0 saturated carbocycles. The van der Waals surface area contributed by atoms with Crippen molar-refractivity contribution in [1.82, 2.24) is 9.97 Å². The van der Waals surface area contributed by atoms with Crippen LogP contribution in [0.25, 0.3) is 0 Å². The summed E-state index contributed by atoms with van der Waals surface area (Å²) in [5, 5.41) is 8.69. The number of nitrogens with zero attached hydrogens (tertiary/aromatic N) is 4. The molecule has 0 atom stereocenters. The first kappa shape index (κ1) is 14.0. The minimum absolute atomic E-state index is 0.158. The van der Waals surface area contributed by atoms with Crippen LogP contribution in [0.15, 0.2) is 6.07 Å². The molecule has 0 amide bonds. The van der Waals surface area contributed by atoms with E-state index in [2.05, 4.69) is 35.3 Å². The van der Waals surface area contributed by atoms with Gasteiger partial charge in [-0.25, -0.2) is 5.84 Å². The van der Waals surface area contributed by atoms with Crippen LogP contribution in [0, 0.1) is 17.2 Å². The Balaban J connectivity index is 2.96. The number of hydrazine groups is 1. The Morgan fingerprint density at radius 3 is 2.78 bits per heavy atom. The van der Waals surface area contributed by atoms with Crippen LogP contribution in [0.2, 0.25) is 0 Å². The van der Waals surface area contributed by atoms with Gasteiger partial charge in [-0.1, -0.05) is 13.8 Å². The van der Waals surface area contributed by atoms with Gasteiger partial charge < -0.3 is 16.1 Å². The summed E-state index contributed by atoms with van der Waals surface area (Å²) in [5.41, 5.74) is 8.07. The fourth-order valence-corrected chi connectivity index (χ4v) is 1.61. The van der Waals surface area contributed by atoms with Crippen LogP contribution < -0.4 is 21.9 Å². The molecule has 7 nitrogen and oxygen atoms in total. The van der Waals surface area contributed by atoms with E-state index in [0.717, 1.165) is 6.54 Å². The number of rotatable bonds is 6. The first-order valence-electron chi connectivity index (χ1n) is 5.80. The molecule has 1 aromatic rings. The molecule has 5 N–H and O–H groups in total. The number of hydrogen-bond donors (Lipinski definition) is 3. The molecule has 0 unspecified atom stereocenters. The van der Waals surface area contributed by atoms with Crippen LogP contribution >= 0.6 is 0 Å². The minimum atomic E-state index is 0.158. The molecule has 0 aliphatic rings. The predicted octanol–water partition coefficient (Wildman–Crippen LogP) is 0.720. The third kappa shape index (κ3) is 4.07. The van der Waals surface area contributed by atoms with Crippen molar-refractivity contribution in [3.63, 3.8) is 0 Å². The predicted molar refractivity (Wildman–Crippen MR) is 71.5 cm³/mol. The van der Waals surface area contributed by atoms with Gasteiger partial charge in [-0.05, 0) is 5.92 Å². The monoisotopic (exact) mass is 249 g/mol. The molecule has 0 fully saturated rings. The molecular formula is C11H19N7. The lowest BCUT2D eigenvalue weighted by molar-refractivity contribution is 0.607. The first-order valence-corrected chi connectivity index (χ1v) is 5.80. The van der Waals surface area contributed by atoms with Crippen LogP contribution in [0.4, 0.5) is 17.6 Å². The zero-order valence-electron chi connectivity index (χ0n) is 10.7. The van der Waals surface area contributed by atoms with Crippen molar-refractivity contribution in [2.75, 3.05) is 29.1 Å². The highest BCUT2D eigenvalue weighted by Crippen LogP contribution is 2.18. The van der Waals surface area contributed by atoms with Crippen LogP contribution in [-0.2, 0) is 0 Å². The average molecular weight is 249 g/mol. The fraction of sp³-hybridized carbons (Fsp3) is 0.545. The van der Waals surface area contributed by atoms with E-state index in [0.29, 0.717) is 30.5 Å². The van der Waals surface area contributed by atoms with E-state index < -0.39 is 0 Å². The summed E-state index contributed by atoms with van der Waals surface area (Å²) in [7, 11) is 0. The van der Waals surface area contributed by atoms with Crippen LogP contribution in [-0.4, -0.2) is 23.1 Å². The number of nitrogens with one attached hydrogen (secondary N) is 1. The van der Waals surface area contributed by atoms with E-state index in [1.807, 2.05) is 4.90 Å². The maximum atomic E-state index is 8.69. The van der Waals surface area contributed by atoms with Gasteiger partial charge in [-0.15, -0.1) is 0 Å². The molecule has 1 aromatic heterocycles. The topological polar surface area (TPSA) is 117 Å². The lowest BCUT2D eigenvalue weighted by Crippen LogP contribution is -2.30. The summed E-state index contributed by atoms with van der Waals surface area (Å²) < 4.78 is 0. The number of nitriles is 1. The standard InChI is InChI=1S/C11H19N7/c1-8(2)7-18(5-3-4-12)10-6-9(17-14)15-11(13)16-10/h6,8H,3,5,7,14H2,1-2H3,(H3,13,15,16,17). The van der Waals surface area contributed by atoms with E-state index >= 15 is 0 Å². The normalized spacial score (nSPS) is 10.2. The Kier molecular flexibility index (Phi) is 5.14. The number of aromatic nitrogens is 2. The molecule has 0 radical (unpaired) electrons. The molecule has 7 heteroatoms. The van der Waals surface area contributed by atoms with E-state index in [1.165, 1.54) is 0 Å². The molecule has 0 spiro atoms. The van der Waals surface area contributed by atoms with Gasteiger partial charge >= 0.3 is 0 Å². The zero-order valence-corrected chi connectivity index (χ0v) is 10.7. The summed E-state index contributed by atoms with van der Waals surface area (Å²) in [6.07, 6.45) is 0.433. The second kappa shape index (κ2) is 6.61. The Hall–Kier alpha value is -2.07. The summed E-state index contributed by atoms with van der Waals surface area (Å²) in [5.74, 6) is 7.08. The van der Waals surface area contributed by atoms with Gasteiger partial charge in [0.2, 0.25) is 5.95 Å². The van der Waals surface area contributed by atoms with Crippen molar-refractivity contribution in [2.45, 2.75) is 20.3 Å². The van der Waals surface area contributed by atoms with Crippen molar-refractivity contribution in [3.05, 3.63) is 6.07 Å². The number of nitrogens with two attached hydrogens (primary N) is 2. The second-order valence-corrected chi connectivity index (χ2v) is 4.36. The Labute approximate surface area is 107 Å². The Morgan fingerprint density at radius 2 is 2.22 bits per heavy atom. The molecule has 0 bridgehead atoms. The van der Waals surface area contributed by atoms with Gasteiger partial charge in [-0.2, -0.15) is 15.2 Å². The summed E-state index contributed by atoms with van der Waals surface area (Å²) in [6, 6.07) is 3.85. The van der Waals surface area contributed by atoms with Crippen molar-refractivity contribution < 1.29 is 0 Å². The molecule has 0 saturated heterocycles. The van der Waals surface area contributed by atoms with E-state index in [-0.39, 0.29) is 5.95 Å². The van der Waals surface area contributed by atoms with Gasteiger partial charge in [-0.3, -0.25) is 0 Å². The Bertz CT molecular complexity index is 424. The highest BCUT2D eigenvalue weighted by Gasteiger charge is 2.12. The highest BCUT2D eigenvalue weighted by atomic mass is 15.3. The zero-order chi connectivity index (χ0) is 13.5. The maximum absolute atomic E-state index is 8.69. The lowest BCUT2D eigenvalue weighted by Gasteiger charge is -2.25. The Morgan fingerprint density at radius 1 is 1.50 bits per heavy atom. The van der Waals surface area contributed by atoms with Crippen molar-refractivity contribution in [3.8, 4) is 6.07 Å². The molecule has 1 rings (SSSR count). The quantitative estimate of drug-likeness (QED) is 0.502. The third-order valence-corrected chi connectivity index (χ3v) is 2.28. The molecular weight excluding hydrogens is 230 g/mol. The molecule has 98 valence electrons. The van der Waals surface area contributed by atoms with Crippen molar-refractivity contribution >= 4 is 17.6 Å². The SMILES string of the molecule is CC(C)CN(CCC#N)c1cc(NN)nc(N)n1. The van der Waals surface area contributed by atoms with Gasteiger partial charge in [0.15, 0.2) is 0 Å². The lowest BCUT2D eigenvalue weighted by atomic mass is 10.2. The second-order valence-electron chi connectivity index (χ2n) is 4.36. The minimum Gasteiger partial charge on any atom is -0.368 e. The van der Waals surface area contributed by atoms with Gasteiger partial charge in [0.25, 0.3) is 0 Å². The first-order chi connectivity index (χ1) is 8.56. The molecule has 0 aromatic carbocycles. The van der Waals surface area contributed by atoms with Crippen LogP contribution in [0.3, 0.4) is 0 Å². The van der Waals surface area contributed by atoms with E-state index in [9.17, 15) is 0 Å². The van der Waals surface area contributed by atoms with E-state index in [4.69, 9.17) is 16.8 Å². The molecule has 18 heavy (non-hydrogen) atoms. The number of hydrogen-bond acceptors (Lipinski definition) is 7. The maximum Gasteiger partial charge on any atom is 0.223 e. The molecule has 0 aliphatic carbocycles. The van der Waals surface area contributed by atoms with Gasteiger partial charge in [0.1, 0.15) is 11.6 Å².